The Morgan fingerprint density at radius 3 is 2.94 bits per heavy atom. The third kappa shape index (κ3) is 2.22. The monoisotopic (exact) mass is 219 g/mol. The molecule has 1 aliphatic rings. The second-order valence-electron chi connectivity index (χ2n) is 5.16. The third-order valence-corrected chi connectivity index (χ3v) is 3.47. The molecule has 0 bridgehead atoms. The van der Waals surface area contributed by atoms with Crippen LogP contribution in [0.3, 0.4) is 0 Å². The standard InChI is InChI=1S/C14H21NO/c1-14(2,7-8-15-3)12-4-5-13-11(10-12)6-9-16-13/h4-5,10,15H,6-9H2,1-3H3. The van der Waals surface area contributed by atoms with E-state index in [2.05, 4.69) is 37.4 Å². The van der Waals surface area contributed by atoms with Gasteiger partial charge in [0.25, 0.3) is 0 Å². The summed E-state index contributed by atoms with van der Waals surface area (Å²) in [5, 5.41) is 3.22. The van der Waals surface area contributed by atoms with E-state index in [-0.39, 0.29) is 5.41 Å². The number of hydrogen-bond acceptors (Lipinski definition) is 2. The third-order valence-electron chi connectivity index (χ3n) is 3.47. The molecule has 0 aromatic heterocycles. The molecule has 88 valence electrons. The minimum atomic E-state index is 0.237. The summed E-state index contributed by atoms with van der Waals surface area (Å²) in [7, 11) is 2.01. The molecule has 0 saturated carbocycles. The van der Waals surface area contributed by atoms with Gasteiger partial charge in [-0.1, -0.05) is 26.0 Å². The summed E-state index contributed by atoms with van der Waals surface area (Å²) in [4.78, 5) is 0. The molecule has 2 rings (SSSR count). The zero-order valence-corrected chi connectivity index (χ0v) is 10.5. The van der Waals surface area contributed by atoms with Crippen LogP contribution < -0.4 is 10.1 Å². The molecule has 0 amide bonds. The van der Waals surface area contributed by atoms with Crippen LogP contribution in [-0.4, -0.2) is 20.2 Å². The molecule has 0 saturated heterocycles. The van der Waals surface area contributed by atoms with Crippen LogP contribution >= 0.6 is 0 Å². The maximum Gasteiger partial charge on any atom is 0.122 e. The Morgan fingerprint density at radius 1 is 1.38 bits per heavy atom. The van der Waals surface area contributed by atoms with Crippen molar-refractivity contribution in [3.8, 4) is 5.75 Å². The molecule has 2 heteroatoms. The predicted octanol–water partition coefficient (Wildman–Crippen LogP) is 2.51. The lowest BCUT2D eigenvalue weighted by Crippen LogP contribution is -2.23. The maximum atomic E-state index is 5.53. The minimum absolute atomic E-state index is 0.237. The van der Waals surface area contributed by atoms with Crippen molar-refractivity contribution < 1.29 is 4.74 Å². The summed E-state index contributed by atoms with van der Waals surface area (Å²) >= 11 is 0. The van der Waals surface area contributed by atoms with E-state index in [4.69, 9.17) is 4.74 Å². The highest BCUT2D eigenvalue weighted by molar-refractivity contribution is 5.42. The fourth-order valence-corrected chi connectivity index (χ4v) is 2.19. The van der Waals surface area contributed by atoms with Crippen molar-refractivity contribution >= 4 is 0 Å². The average Bonchev–Trinajstić information content (AvgIpc) is 2.73. The van der Waals surface area contributed by atoms with Crippen molar-refractivity contribution in [2.24, 2.45) is 0 Å². The van der Waals surface area contributed by atoms with E-state index in [9.17, 15) is 0 Å². The normalized spacial score (nSPS) is 14.7. The highest BCUT2D eigenvalue weighted by atomic mass is 16.5. The highest BCUT2D eigenvalue weighted by Crippen LogP contribution is 2.32. The molecule has 0 unspecified atom stereocenters. The zero-order valence-electron chi connectivity index (χ0n) is 10.5. The van der Waals surface area contributed by atoms with Gasteiger partial charge in [0.2, 0.25) is 0 Å². The molecule has 2 nitrogen and oxygen atoms in total. The topological polar surface area (TPSA) is 21.3 Å². The molecule has 1 heterocycles. The van der Waals surface area contributed by atoms with Crippen molar-refractivity contribution in [1.82, 2.24) is 5.32 Å². The van der Waals surface area contributed by atoms with Crippen LogP contribution in [0.2, 0.25) is 0 Å². The lowest BCUT2D eigenvalue weighted by Gasteiger charge is -2.25. The Morgan fingerprint density at radius 2 is 2.19 bits per heavy atom. The summed E-state index contributed by atoms with van der Waals surface area (Å²) < 4.78 is 5.53. The summed E-state index contributed by atoms with van der Waals surface area (Å²) in [6.45, 7) is 6.51. The van der Waals surface area contributed by atoms with E-state index in [1.807, 2.05) is 7.05 Å². The van der Waals surface area contributed by atoms with E-state index in [1.54, 1.807) is 0 Å². The van der Waals surface area contributed by atoms with Crippen LogP contribution in [0.4, 0.5) is 0 Å². The second-order valence-corrected chi connectivity index (χ2v) is 5.16. The minimum Gasteiger partial charge on any atom is -0.493 e. The molecule has 0 spiro atoms. The Balaban J connectivity index is 2.20. The van der Waals surface area contributed by atoms with Gasteiger partial charge in [0.15, 0.2) is 0 Å². The van der Waals surface area contributed by atoms with Crippen LogP contribution in [0.1, 0.15) is 31.4 Å². The largest absolute Gasteiger partial charge is 0.493 e. The van der Waals surface area contributed by atoms with Crippen LogP contribution in [0, 0.1) is 0 Å². The highest BCUT2D eigenvalue weighted by Gasteiger charge is 2.22. The number of fused-ring (bicyclic) bond motifs is 1. The van der Waals surface area contributed by atoms with E-state index < -0.39 is 0 Å². The van der Waals surface area contributed by atoms with E-state index in [0.29, 0.717) is 0 Å². The van der Waals surface area contributed by atoms with Gasteiger partial charge in [-0.05, 0) is 42.6 Å². The number of ether oxygens (including phenoxy) is 1. The summed E-state index contributed by atoms with van der Waals surface area (Å²) in [6, 6.07) is 6.65. The van der Waals surface area contributed by atoms with E-state index in [1.165, 1.54) is 11.1 Å². The maximum absolute atomic E-state index is 5.53. The lowest BCUT2D eigenvalue weighted by molar-refractivity contribution is 0.356. The molecule has 0 fully saturated rings. The van der Waals surface area contributed by atoms with Crippen molar-refractivity contribution in [3.63, 3.8) is 0 Å². The Hall–Kier alpha value is -1.02. The van der Waals surface area contributed by atoms with Gasteiger partial charge in [0, 0.05) is 6.42 Å². The van der Waals surface area contributed by atoms with E-state index in [0.717, 1.165) is 31.7 Å². The fourth-order valence-electron chi connectivity index (χ4n) is 2.19. The molecule has 1 aliphatic heterocycles. The quantitative estimate of drug-likeness (QED) is 0.840. The summed E-state index contributed by atoms with van der Waals surface area (Å²) in [5.74, 6) is 1.08. The number of hydrogen-bond donors (Lipinski definition) is 1. The first-order valence-corrected chi connectivity index (χ1v) is 6.04. The van der Waals surface area contributed by atoms with Gasteiger partial charge in [0.05, 0.1) is 6.61 Å². The zero-order chi connectivity index (χ0) is 11.6. The SMILES string of the molecule is CNCCC(C)(C)c1ccc2c(c1)CCO2. The number of nitrogens with one attached hydrogen (secondary N) is 1. The van der Waals surface area contributed by atoms with Gasteiger partial charge < -0.3 is 10.1 Å². The van der Waals surface area contributed by atoms with Crippen LogP contribution in [0.5, 0.6) is 5.75 Å². The van der Waals surface area contributed by atoms with E-state index >= 15 is 0 Å². The Kier molecular flexibility index (Phi) is 3.20. The predicted molar refractivity (Wildman–Crippen MR) is 67.2 cm³/mol. The van der Waals surface area contributed by atoms with Crippen LogP contribution in [0.15, 0.2) is 18.2 Å². The fraction of sp³-hybridized carbons (Fsp3) is 0.571. The molecule has 0 atom stereocenters. The average molecular weight is 219 g/mol. The smallest absolute Gasteiger partial charge is 0.122 e. The van der Waals surface area contributed by atoms with Crippen LogP contribution in [-0.2, 0) is 11.8 Å². The molecule has 0 aliphatic carbocycles. The molecule has 1 aromatic carbocycles. The summed E-state index contributed by atoms with van der Waals surface area (Å²) in [6.07, 6.45) is 2.22. The molecule has 1 aromatic rings. The Bertz CT molecular complexity index is 371. The van der Waals surface area contributed by atoms with Crippen molar-refractivity contribution in [3.05, 3.63) is 29.3 Å². The van der Waals surface area contributed by atoms with Gasteiger partial charge in [0.1, 0.15) is 5.75 Å². The second kappa shape index (κ2) is 4.46. The van der Waals surface area contributed by atoms with Crippen molar-refractivity contribution in [1.29, 1.82) is 0 Å². The van der Waals surface area contributed by atoms with Gasteiger partial charge in [-0.2, -0.15) is 0 Å². The first-order valence-electron chi connectivity index (χ1n) is 6.04. The van der Waals surface area contributed by atoms with Crippen LogP contribution in [0.25, 0.3) is 0 Å². The van der Waals surface area contributed by atoms with Gasteiger partial charge in [-0.25, -0.2) is 0 Å². The Labute approximate surface area is 98.0 Å². The van der Waals surface area contributed by atoms with Gasteiger partial charge >= 0.3 is 0 Å². The first-order chi connectivity index (χ1) is 7.63. The molecular weight excluding hydrogens is 198 g/mol. The lowest BCUT2D eigenvalue weighted by atomic mass is 9.81. The molecule has 16 heavy (non-hydrogen) atoms. The molecular formula is C14H21NO. The van der Waals surface area contributed by atoms with Gasteiger partial charge in [-0.15, -0.1) is 0 Å². The molecule has 0 radical (unpaired) electrons. The van der Waals surface area contributed by atoms with Gasteiger partial charge in [-0.3, -0.25) is 0 Å². The molecule has 1 N–H and O–H groups in total. The first kappa shape index (κ1) is 11.5. The van der Waals surface area contributed by atoms with Crippen molar-refractivity contribution in [2.45, 2.75) is 32.1 Å². The number of benzene rings is 1. The summed E-state index contributed by atoms with van der Waals surface area (Å²) in [5.41, 5.74) is 3.03. The number of rotatable bonds is 4. The van der Waals surface area contributed by atoms with Crippen molar-refractivity contribution in [2.75, 3.05) is 20.2 Å².